The Labute approximate surface area is 92.9 Å². The molecule has 2 rings (SSSR count). The molecule has 1 aliphatic carbocycles. The van der Waals surface area contributed by atoms with Crippen LogP contribution in [-0.2, 0) is 6.42 Å². The van der Waals surface area contributed by atoms with Gasteiger partial charge in [-0.25, -0.2) is 0 Å². The van der Waals surface area contributed by atoms with Crippen LogP contribution in [0.4, 0.5) is 0 Å². The molecule has 0 aromatic carbocycles. The first-order valence-electron chi connectivity index (χ1n) is 4.68. The Balaban J connectivity index is 2.25. The summed E-state index contributed by atoms with van der Waals surface area (Å²) >= 11 is 0. The molecule has 6 atom stereocenters. The van der Waals surface area contributed by atoms with E-state index in [1.807, 2.05) is 6.20 Å². The monoisotopic (exact) mass is 261 g/mol. The van der Waals surface area contributed by atoms with Crippen molar-refractivity contribution in [2.75, 3.05) is 0 Å². The van der Waals surface area contributed by atoms with Crippen LogP contribution < -0.4 is 0 Å². The van der Waals surface area contributed by atoms with Gasteiger partial charge in [0.1, 0.15) is 0 Å². The first kappa shape index (κ1) is 11.4. The maximum atomic E-state index is 4.50. The van der Waals surface area contributed by atoms with Gasteiger partial charge in [-0.05, 0) is 23.7 Å². The lowest BCUT2D eigenvalue weighted by molar-refractivity contribution is 0.747. The van der Waals surface area contributed by atoms with Crippen molar-refractivity contribution in [3.8, 4) is 0 Å². The molecular weight excluding hydrogens is 246 g/mol. The van der Waals surface area contributed by atoms with E-state index in [1.165, 1.54) is 17.7 Å². The van der Waals surface area contributed by atoms with Crippen LogP contribution >= 0.6 is 33.1 Å². The Morgan fingerprint density at radius 2 is 2.43 bits per heavy atom. The van der Waals surface area contributed by atoms with E-state index in [9.17, 15) is 0 Å². The van der Waals surface area contributed by atoms with Crippen molar-refractivity contribution in [2.45, 2.75) is 24.9 Å². The summed E-state index contributed by atoms with van der Waals surface area (Å²) < 4.78 is 0. The highest BCUT2D eigenvalue weighted by Gasteiger charge is 2.33. The average Bonchev–Trinajstić information content (AvgIpc) is 2.56. The van der Waals surface area contributed by atoms with Crippen LogP contribution in [0.15, 0.2) is 18.3 Å². The zero-order valence-electron chi connectivity index (χ0n) is 8.14. The molecule has 1 nitrogen and oxygen atoms in total. The second-order valence-corrected chi connectivity index (χ2v) is 13.2. The van der Waals surface area contributed by atoms with E-state index >= 15 is 0 Å². The van der Waals surface area contributed by atoms with Crippen LogP contribution in [0.5, 0.6) is 0 Å². The third kappa shape index (κ3) is 2.03. The molecule has 0 fully saturated rings. The second-order valence-electron chi connectivity index (χ2n) is 3.64. The fraction of sp³-hybridized carbons (Fsp3) is 0.444. The van der Waals surface area contributed by atoms with E-state index in [0.29, 0.717) is 5.92 Å². The van der Waals surface area contributed by atoms with Crippen molar-refractivity contribution >= 4 is 33.1 Å². The fourth-order valence-corrected chi connectivity index (χ4v) is 7.59. The molecule has 4 unspecified atom stereocenters. The fourth-order valence-electron chi connectivity index (χ4n) is 2.05. The van der Waals surface area contributed by atoms with E-state index in [-0.39, 0.29) is 7.30 Å². The van der Waals surface area contributed by atoms with Gasteiger partial charge >= 0.3 is 0 Å². The minimum absolute atomic E-state index is 0.102. The SMILES string of the molecule is C[C@H]1c2ncccc2C[C@H]1P(P)PP. The number of rotatable bonds is 2. The smallest absolute Gasteiger partial charge is 0.0470 e. The average molecular weight is 261 g/mol. The van der Waals surface area contributed by atoms with E-state index in [1.54, 1.807) is 0 Å². The van der Waals surface area contributed by atoms with Gasteiger partial charge in [0.2, 0.25) is 0 Å². The largest absolute Gasteiger partial charge is 0.261 e. The van der Waals surface area contributed by atoms with Crippen LogP contribution in [0.2, 0.25) is 0 Å². The van der Waals surface area contributed by atoms with Crippen molar-refractivity contribution < 1.29 is 0 Å². The number of hydrogen-bond donors (Lipinski definition) is 0. The molecule has 76 valence electrons. The van der Waals surface area contributed by atoms with Gasteiger partial charge in [-0.1, -0.05) is 28.2 Å². The maximum Gasteiger partial charge on any atom is 0.0470 e. The van der Waals surface area contributed by atoms with Crippen molar-refractivity contribution in [2.24, 2.45) is 0 Å². The Kier molecular flexibility index (Phi) is 3.90. The van der Waals surface area contributed by atoms with Crippen molar-refractivity contribution in [3.05, 3.63) is 29.6 Å². The molecule has 0 amide bonds. The molecule has 1 aromatic heterocycles. The number of fused-ring (bicyclic) bond motifs is 1. The van der Waals surface area contributed by atoms with Gasteiger partial charge in [-0.3, -0.25) is 4.98 Å². The Bertz CT molecular complexity index is 330. The molecule has 0 spiro atoms. The summed E-state index contributed by atoms with van der Waals surface area (Å²) in [6.45, 7) is 2.33. The van der Waals surface area contributed by atoms with Crippen molar-refractivity contribution in [1.82, 2.24) is 4.98 Å². The topological polar surface area (TPSA) is 12.9 Å². The van der Waals surface area contributed by atoms with Crippen LogP contribution in [0.3, 0.4) is 0 Å². The third-order valence-corrected chi connectivity index (χ3v) is 14.3. The Hall–Kier alpha value is 0.870. The molecule has 0 saturated carbocycles. The lowest BCUT2D eigenvalue weighted by Gasteiger charge is -2.21. The van der Waals surface area contributed by atoms with Gasteiger partial charge in [0.15, 0.2) is 0 Å². The summed E-state index contributed by atoms with van der Waals surface area (Å²) in [6.07, 6.45) is 3.16. The van der Waals surface area contributed by atoms with Crippen molar-refractivity contribution in [1.29, 1.82) is 0 Å². The number of nitrogens with zero attached hydrogens (tertiary/aromatic N) is 1. The molecular formula is C9H15NP4. The van der Waals surface area contributed by atoms with Gasteiger partial charge in [-0.15, -0.1) is 17.9 Å². The molecule has 5 heteroatoms. The number of hydrogen-bond acceptors (Lipinski definition) is 1. The first-order chi connectivity index (χ1) is 6.74. The predicted molar refractivity (Wildman–Crippen MR) is 74.8 cm³/mol. The standard InChI is InChI=1S/C9H15NP4/c1-6-8(14(12)13-11)5-7-3-2-4-10-9(6)7/h2-4,6,8,13H,5,11-12H2,1H3/t6-,8-,14?/m1/s1. The minimum atomic E-state index is 0.102. The quantitative estimate of drug-likeness (QED) is 0.738. The highest BCUT2D eigenvalue weighted by molar-refractivity contribution is 8.61. The lowest BCUT2D eigenvalue weighted by Crippen LogP contribution is -2.05. The van der Waals surface area contributed by atoms with Gasteiger partial charge in [-0.2, -0.15) is 0 Å². The molecule has 14 heavy (non-hydrogen) atoms. The second kappa shape index (κ2) is 4.80. The number of pyridine rings is 1. The summed E-state index contributed by atoms with van der Waals surface area (Å²) in [5.74, 6) is 0.655. The van der Waals surface area contributed by atoms with Crippen LogP contribution in [0.25, 0.3) is 0 Å². The summed E-state index contributed by atoms with van der Waals surface area (Å²) in [5.41, 5.74) is 3.65. The highest BCUT2D eigenvalue weighted by atomic mass is 32.6. The molecule has 1 aromatic rings. The molecule has 0 aliphatic heterocycles. The lowest BCUT2D eigenvalue weighted by atomic mass is 10.1. The summed E-state index contributed by atoms with van der Waals surface area (Å²) in [5, 5.41) is 0. The normalized spacial score (nSPS) is 28.2. The molecule has 1 aliphatic rings. The van der Waals surface area contributed by atoms with E-state index in [0.717, 1.165) is 13.6 Å². The van der Waals surface area contributed by atoms with E-state index < -0.39 is 0 Å². The number of aromatic nitrogens is 1. The zero-order valence-corrected chi connectivity index (χ0v) is 12.3. The first-order valence-corrected chi connectivity index (χ1v) is 11.4. The molecule has 0 saturated heterocycles. The summed E-state index contributed by atoms with van der Waals surface area (Å²) in [6, 6.07) is 4.29. The van der Waals surface area contributed by atoms with Gasteiger partial charge in [0, 0.05) is 17.8 Å². The summed E-state index contributed by atoms with van der Waals surface area (Å²) in [4.78, 5) is 4.50. The van der Waals surface area contributed by atoms with Crippen LogP contribution in [0.1, 0.15) is 24.1 Å². The zero-order chi connectivity index (χ0) is 10.1. The van der Waals surface area contributed by atoms with E-state index in [2.05, 4.69) is 41.9 Å². The minimum Gasteiger partial charge on any atom is -0.261 e. The van der Waals surface area contributed by atoms with Crippen LogP contribution in [-0.4, -0.2) is 10.6 Å². The van der Waals surface area contributed by atoms with Crippen molar-refractivity contribution in [3.63, 3.8) is 0 Å². The van der Waals surface area contributed by atoms with Gasteiger partial charge in [0.05, 0.1) is 0 Å². The Morgan fingerprint density at radius 1 is 1.64 bits per heavy atom. The third-order valence-electron chi connectivity index (χ3n) is 2.87. The highest BCUT2D eigenvalue weighted by Crippen LogP contribution is 2.72. The predicted octanol–water partition coefficient (Wildman–Crippen LogP) is 3.77. The van der Waals surface area contributed by atoms with E-state index in [4.69, 9.17) is 0 Å². The Morgan fingerprint density at radius 3 is 3.07 bits per heavy atom. The van der Waals surface area contributed by atoms with Gasteiger partial charge in [0.25, 0.3) is 0 Å². The summed E-state index contributed by atoms with van der Waals surface area (Å²) in [7, 11) is 7.04. The molecule has 0 N–H and O–H groups in total. The molecule has 0 bridgehead atoms. The molecule has 0 radical (unpaired) electrons. The van der Waals surface area contributed by atoms with Crippen LogP contribution in [0, 0.1) is 0 Å². The van der Waals surface area contributed by atoms with Gasteiger partial charge < -0.3 is 0 Å². The maximum absolute atomic E-state index is 4.50. The molecule has 1 heterocycles.